The van der Waals surface area contributed by atoms with Crippen LogP contribution in [0.4, 0.5) is 0 Å². The summed E-state index contributed by atoms with van der Waals surface area (Å²) in [6.07, 6.45) is 11.5. The van der Waals surface area contributed by atoms with Crippen LogP contribution in [0.15, 0.2) is 85.5 Å². The molecule has 0 atom stereocenters. The fraction of sp³-hybridized carbons (Fsp3) is 0.286. The van der Waals surface area contributed by atoms with Gasteiger partial charge in [-0.25, -0.2) is 18.3 Å². The van der Waals surface area contributed by atoms with Gasteiger partial charge in [-0.3, -0.25) is 0 Å². The van der Waals surface area contributed by atoms with Crippen molar-refractivity contribution in [2.45, 2.75) is 51.9 Å². The van der Waals surface area contributed by atoms with Crippen molar-refractivity contribution >= 4 is 0 Å². The number of imidazole rings is 2. The molecule has 0 amide bonds. The smallest absolute Gasteiger partial charge is 0.230 e. The maximum absolute atomic E-state index is 9.04. The molecule has 2 heterocycles. The molecule has 34 heavy (non-hydrogen) atoms. The molecule has 4 rings (SSSR count). The Labute approximate surface area is 201 Å². The van der Waals surface area contributed by atoms with Gasteiger partial charge in [0, 0.05) is 0 Å². The summed E-state index contributed by atoms with van der Waals surface area (Å²) in [5, 5.41) is 18.1. The number of hydrogen-bond acceptors (Lipinski definition) is 2. The number of benzene rings is 2. The molecule has 0 spiro atoms. The highest BCUT2D eigenvalue weighted by molar-refractivity contribution is 5.53. The van der Waals surface area contributed by atoms with Crippen molar-refractivity contribution in [3.05, 3.63) is 85.5 Å². The van der Waals surface area contributed by atoms with Gasteiger partial charge in [0.1, 0.15) is 37.9 Å². The summed E-state index contributed by atoms with van der Waals surface area (Å²) in [5.74, 6) is 2.30. The van der Waals surface area contributed by atoms with E-state index in [2.05, 4.69) is 104 Å². The molecule has 2 aromatic heterocycles. The Balaban J connectivity index is 1.46. The number of unbranched alkanes of at least 4 members (excludes halogenated alkanes) is 1. The average Bonchev–Trinajstić information content (AvgIpc) is 3.48. The molecular weight excluding hydrogens is 420 g/mol. The fourth-order valence-corrected chi connectivity index (χ4v) is 4.40. The summed E-state index contributed by atoms with van der Waals surface area (Å²) < 4.78 is 8.95. The molecule has 0 N–H and O–H groups in total. The lowest BCUT2D eigenvalue weighted by Crippen LogP contribution is -2.34. The molecule has 170 valence electrons. The van der Waals surface area contributed by atoms with Gasteiger partial charge in [0.15, 0.2) is 0 Å². The zero-order valence-corrected chi connectivity index (χ0v) is 19.4. The van der Waals surface area contributed by atoms with Gasteiger partial charge in [0.2, 0.25) is 0 Å². The summed E-state index contributed by atoms with van der Waals surface area (Å²) in [4.78, 5) is 0. The van der Waals surface area contributed by atoms with E-state index in [1.54, 1.807) is 0 Å². The summed E-state index contributed by atoms with van der Waals surface area (Å²) in [7, 11) is 0. The molecule has 0 fully saturated rings. The van der Waals surface area contributed by atoms with Gasteiger partial charge >= 0.3 is 0 Å². The van der Waals surface area contributed by atoms with Gasteiger partial charge in [0.05, 0.1) is 49.2 Å². The fourth-order valence-electron chi connectivity index (χ4n) is 4.40. The lowest BCUT2D eigenvalue weighted by Gasteiger charge is -2.06. The van der Waals surface area contributed by atoms with E-state index < -0.39 is 0 Å². The molecule has 0 unspecified atom stereocenters. The molecule has 6 nitrogen and oxygen atoms in total. The lowest BCUT2D eigenvalue weighted by atomic mass is 10.2. The third-order valence-electron chi connectivity index (χ3n) is 5.98. The van der Waals surface area contributed by atoms with E-state index in [0.717, 1.165) is 37.6 Å². The van der Waals surface area contributed by atoms with Gasteiger partial charge < -0.3 is 0 Å². The number of aromatic nitrogens is 4. The Morgan fingerprint density at radius 3 is 1.41 bits per heavy atom. The molecule has 0 aliphatic carbocycles. The normalized spacial score (nSPS) is 10.6. The highest BCUT2D eigenvalue weighted by Crippen LogP contribution is 2.19. The molecular formula is C28H30N6+2. The predicted octanol–water partition coefficient (Wildman–Crippen LogP) is 4.51. The van der Waals surface area contributed by atoms with Crippen molar-refractivity contribution in [1.82, 2.24) is 9.13 Å². The summed E-state index contributed by atoms with van der Waals surface area (Å²) in [6, 6.07) is 25.3. The van der Waals surface area contributed by atoms with Gasteiger partial charge in [-0.1, -0.05) is 36.4 Å². The molecule has 0 radical (unpaired) electrons. The third kappa shape index (κ3) is 5.42. The summed E-state index contributed by atoms with van der Waals surface area (Å²) in [6.45, 7) is 3.22. The van der Waals surface area contributed by atoms with E-state index in [1.165, 1.54) is 11.1 Å². The van der Waals surface area contributed by atoms with Crippen LogP contribution < -0.4 is 9.13 Å². The summed E-state index contributed by atoms with van der Waals surface area (Å²) in [5.41, 5.74) is 2.33. The zero-order chi connectivity index (χ0) is 23.6. The monoisotopic (exact) mass is 450 g/mol. The minimum absolute atomic E-state index is 0.496. The Bertz CT molecular complexity index is 1170. The maximum atomic E-state index is 9.04. The first-order valence-corrected chi connectivity index (χ1v) is 11.8. The van der Waals surface area contributed by atoms with Crippen molar-refractivity contribution in [2.24, 2.45) is 0 Å². The Morgan fingerprint density at radius 2 is 1.03 bits per heavy atom. The number of hydrogen-bond donors (Lipinski definition) is 0. The molecule has 0 aliphatic heterocycles. The molecule has 0 saturated heterocycles. The van der Waals surface area contributed by atoms with Gasteiger partial charge in [0.25, 0.3) is 11.6 Å². The van der Waals surface area contributed by atoms with Gasteiger partial charge in [-0.2, -0.15) is 10.5 Å². The van der Waals surface area contributed by atoms with Crippen molar-refractivity contribution in [1.29, 1.82) is 10.5 Å². The van der Waals surface area contributed by atoms with Crippen LogP contribution in [0.25, 0.3) is 22.8 Å². The summed E-state index contributed by atoms with van der Waals surface area (Å²) >= 11 is 0. The standard InChI is InChI=1S/C28H30N6/c29-15-9-19-33-23-21-31(27(33)25-11-3-1-4-12-25)17-7-8-18-32-22-24-34(20-10-16-30)28(32)26-13-5-2-6-14-26/h1-6,11-14,21-24H,7-10,17-20H2/q+2. The van der Waals surface area contributed by atoms with Crippen LogP contribution in [0.1, 0.15) is 25.7 Å². The van der Waals surface area contributed by atoms with Crippen LogP contribution in [0.3, 0.4) is 0 Å². The first kappa shape index (κ1) is 23.0. The first-order chi connectivity index (χ1) is 16.8. The molecule has 2 aromatic carbocycles. The third-order valence-corrected chi connectivity index (χ3v) is 5.98. The van der Waals surface area contributed by atoms with E-state index in [-0.39, 0.29) is 0 Å². The van der Waals surface area contributed by atoms with Crippen molar-refractivity contribution in [3.63, 3.8) is 0 Å². The quantitative estimate of drug-likeness (QED) is 0.249. The minimum atomic E-state index is 0.496. The van der Waals surface area contributed by atoms with Crippen LogP contribution in [0.2, 0.25) is 0 Å². The topological polar surface area (TPSA) is 65.2 Å². The van der Waals surface area contributed by atoms with Crippen LogP contribution in [-0.4, -0.2) is 9.13 Å². The number of aryl methyl sites for hydroxylation is 4. The minimum Gasteiger partial charge on any atom is -0.230 e. The first-order valence-electron chi connectivity index (χ1n) is 11.8. The molecule has 0 saturated carbocycles. The van der Waals surface area contributed by atoms with Crippen LogP contribution >= 0.6 is 0 Å². The SMILES string of the molecule is N#CCC[n+]1ccn(CCCCn2cc[n+](CCC#N)c2-c2ccccc2)c1-c1ccccc1. The Hall–Kier alpha value is -4.16. The number of rotatable bonds is 11. The van der Waals surface area contributed by atoms with Crippen LogP contribution in [0, 0.1) is 22.7 Å². The number of nitrogens with zero attached hydrogens (tertiary/aromatic N) is 6. The highest BCUT2D eigenvalue weighted by Gasteiger charge is 2.21. The second-order valence-corrected chi connectivity index (χ2v) is 8.27. The predicted molar refractivity (Wildman–Crippen MR) is 130 cm³/mol. The lowest BCUT2D eigenvalue weighted by molar-refractivity contribution is -0.684. The van der Waals surface area contributed by atoms with Gasteiger partial charge in [-0.05, 0) is 37.1 Å². The van der Waals surface area contributed by atoms with Gasteiger partial charge in [-0.15, -0.1) is 0 Å². The average molecular weight is 451 g/mol. The Morgan fingerprint density at radius 1 is 0.618 bits per heavy atom. The van der Waals surface area contributed by atoms with E-state index in [4.69, 9.17) is 10.5 Å². The second kappa shape index (κ2) is 11.6. The number of nitriles is 2. The Kier molecular flexibility index (Phi) is 7.87. The largest absolute Gasteiger partial charge is 0.288 e. The van der Waals surface area contributed by atoms with E-state index in [1.807, 2.05) is 12.1 Å². The van der Waals surface area contributed by atoms with Crippen molar-refractivity contribution in [2.75, 3.05) is 0 Å². The zero-order valence-electron chi connectivity index (χ0n) is 19.4. The van der Waals surface area contributed by atoms with E-state index in [0.29, 0.717) is 25.9 Å². The second-order valence-electron chi connectivity index (χ2n) is 8.27. The maximum Gasteiger partial charge on any atom is 0.288 e. The molecule has 4 aromatic rings. The molecule has 0 bridgehead atoms. The van der Waals surface area contributed by atoms with Crippen LogP contribution in [0.5, 0.6) is 0 Å². The van der Waals surface area contributed by atoms with Crippen molar-refractivity contribution in [3.8, 4) is 34.9 Å². The van der Waals surface area contributed by atoms with E-state index in [9.17, 15) is 0 Å². The highest BCUT2D eigenvalue weighted by atomic mass is 15.2. The molecule has 6 heteroatoms. The van der Waals surface area contributed by atoms with E-state index >= 15 is 0 Å². The van der Waals surface area contributed by atoms with Crippen molar-refractivity contribution < 1.29 is 9.13 Å². The van der Waals surface area contributed by atoms with Crippen LogP contribution in [-0.2, 0) is 26.2 Å². The molecule has 0 aliphatic rings.